The molecule has 0 amide bonds. The van der Waals surface area contributed by atoms with Crippen LogP contribution in [0.4, 0.5) is 4.39 Å². The molecule has 212 valence electrons. The van der Waals surface area contributed by atoms with Crippen molar-refractivity contribution in [1.29, 1.82) is 0 Å². The summed E-state index contributed by atoms with van der Waals surface area (Å²) in [6.45, 7) is 19.4. The number of aliphatic imine (C=N–C) groups is 1. The maximum absolute atomic E-state index is 15.0. The fourth-order valence-electron chi connectivity index (χ4n) is 4.18. The van der Waals surface area contributed by atoms with Crippen LogP contribution in [0.1, 0.15) is 89.2 Å². The monoisotopic (exact) mass is 535 g/mol. The molecule has 1 aliphatic heterocycles. The van der Waals surface area contributed by atoms with Gasteiger partial charge in [-0.05, 0) is 74.1 Å². The molecule has 0 aliphatic carbocycles. The van der Waals surface area contributed by atoms with E-state index in [0.29, 0.717) is 26.1 Å². The molecule has 1 unspecified atom stereocenters. The topological polar surface area (TPSA) is 53.9 Å². The number of unbranched alkanes of at least 4 members (excludes halogenated alkanes) is 1. The first kappa shape index (κ1) is 32.0. The van der Waals surface area contributed by atoms with E-state index in [0.717, 1.165) is 71.8 Å². The highest BCUT2D eigenvalue weighted by atomic mass is 19.1. The summed E-state index contributed by atoms with van der Waals surface area (Å²) in [4.78, 5) is 15.9. The van der Waals surface area contributed by atoms with Gasteiger partial charge in [0.2, 0.25) is 0 Å². The number of carbonyl (C=O) groups is 1. The first-order chi connectivity index (χ1) is 18.7. The number of nitrogens with zero attached hydrogens (tertiary/aromatic N) is 2. The zero-order valence-electron chi connectivity index (χ0n) is 24.6. The molecule has 0 spiro atoms. The van der Waals surface area contributed by atoms with Crippen molar-refractivity contribution in [2.24, 2.45) is 4.99 Å². The van der Waals surface area contributed by atoms with E-state index >= 15 is 4.39 Å². The largest absolute Gasteiger partial charge is 0.494 e. The second-order valence-electron chi connectivity index (χ2n) is 10.2. The van der Waals surface area contributed by atoms with Crippen molar-refractivity contribution < 1.29 is 13.9 Å². The van der Waals surface area contributed by atoms with Crippen molar-refractivity contribution in [2.45, 2.75) is 86.6 Å². The molecular formula is C33H46FN3O2. The van der Waals surface area contributed by atoms with E-state index in [-0.39, 0.29) is 0 Å². The number of alkyl halides is 1. The molecular weight excluding hydrogens is 489 g/mol. The number of hydrogen-bond donors (Lipinski definition) is 1. The Balaban J connectivity index is 0.00000124. The first-order valence-corrected chi connectivity index (χ1v) is 13.9. The normalized spacial score (nSPS) is 15.2. The van der Waals surface area contributed by atoms with Crippen LogP contribution >= 0.6 is 0 Å². The maximum Gasteiger partial charge on any atom is 0.138 e. The Morgan fingerprint density at radius 2 is 1.79 bits per heavy atom. The molecule has 1 N–H and O–H groups in total. The molecule has 0 aromatic heterocycles. The summed E-state index contributed by atoms with van der Waals surface area (Å²) in [5, 5.41) is 3.40. The Hall–Kier alpha value is -3.25. The van der Waals surface area contributed by atoms with Crippen LogP contribution in [0.5, 0.6) is 5.75 Å². The zero-order chi connectivity index (χ0) is 28.8. The van der Waals surface area contributed by atoms with Gasteiger partial charge in [-0.3, -0.25) is 9.89 Å². The molecule has 5 nitrogen and oxygen atoms in total. The lowest BCUT2D eigenvalue weighted by molar-refractivity contribution is -0.107. The highest BCUT2D eigenvalue weighted by Crippen LogP contribution is 2.33. The van der Waals surface area contributed by atoms with Gasteiger partial charge in [0.1, 0.15) is 18.2 Å². The Labute approximate surface area is 234 Å². The Kier molecular flexibility index (Phi) is 13.7. The maximum atomic E-state index is 15.0. The van der Waals surface area contributed by atoms with Crippen LogP contribution in [0, 0.1) is 0 Å². The number of halogens is 1. The van der Waals surface area contributed by atoms with Crippen LogP contribution in [0.2, 0.25) is 0 Å². The summed E-state index contributed by atoms with van der Waals surface area (Å²) in [6.07, 6.45) is 2.62. The fraction of sp³-hybridized carbons (Fsp3) is 0.455. The van der Waals surface area contributed by atoms with Crippen LogP contribution in [0.25, 0.3) is 0 Å². The molecule has 1 aliphatic rings. The third kappa shape index (κ3) is 10.8. The van der Waals surface area contributed by atoms with Gasteiger partial charge < -0.3 is 14.8 Å². The van der Waals surface area contributed by atoms with Crippen LogP contribution in [-0.4, -0.2) is 30.0 Å². The summed E-state index contributed by atoms with van der Waals surface area (Å²) < 4.78 is 20.8. The summed E-state index contributed by atoms with van der Waals surface area (Å²) in [6, 6.07) is 14.4. The Morgan fingerprint density at radius 1 is 1.13 bits per heavy atom. The molecule has 2 aromatic rings. The molecule has 1 heterocycles. The Morgan fingerprint density at radius 3 is 2.41 bits per heavy atom. The van der Waals surface area contributed by atoms with Gasteiger partial charge in [0.15, 0.2) is 0 Å². The number of benzene rings is 2. The minimum atomic E-state index is -0.997. The van der Waals surface area contributed by atoms with Gasteiger partial charge in [0.05, 0.1) is 6.61 Å². The number of rotatable bonds is 12. The summed E-state index contributed by atoms with van der Waals surface area (Å²) in [5.74, 6) is 0.772. The lowest BCUT2D eigenvalue weighted by Gasteiger charge is -2.31. The number of nitrogens with one attached hydrogen (secondary N) is 1. The minimum absolute atomic E-state index is 0.402. The fourth-order valence-corrected chi connectivity index (χ4v) is 4.18. The van der Waals surface area contributed by atoms with Gasteiger partial charge in [-0.1, -0.05) is 57.2 Å². The van der Waals surface area contributed by atoms with Gasteiger partial charge in [0.25, 0.3) is 0 Å². The number of ether oxygens (including phenoxy) is 1. The molecule has 0 fully saturated rings. The van der Waals surface area contributed by atoms with Crippen molar-refractivity contribution in [3.63, 3.8) is 0 Å². The van der Waals surface area contributed by atoms with Gasteiger partial charge >= 0.3 is 0 Å². The smallest absolute Gasteiger partial charge is 0.138 e. The molecule has 0 saturated heterocycles. The van der Waals surface area contributed by atoms with Crippen molar-refractivity contribution in [1.82, 2.24) is 10.2 Å². The third-order valence-corrected chi connectivity index (χ3v) is 6.52. The third-order valence-electron chi connectivity index (χ3n) is 6.52. The summed E-state index contributed by atoms with van der Waals surface area (Å²) in [5.41, 5.74) is 8.14. The lowest BCUT2D eigenvalue weighted by Crippen LogP contribution is -2.31. The second kappa shape index (κ2) is 16.7. The average Bonchev–Trinajstić information content (AvgIpc) is 2.92. The number of allylic oxidation sites excluding steroid dienone is 2. The molecule has 0 bridgehead atoms. The highest BCUT2D eigenvalue weighted by Gasteiger charge is 2.25. The summed E-state index contributed by atoms with van der Waals surface area (Å²) >= 11 is 0. The molecule has 0 saturated carbocycles. The van der Waals surface area contributed by atoms with Gasteiger partial charge in [-0.2, -0.15) is 0 Å². The molecule has 2 aromatic carbocycles. The number of fused-ring (bicyclic) bond motifs is 1. The predicted octanol–water partition coefficient (Wildman–Crippen LogP) is 7.87. The van der Waals surface area contributed by atoms with Gasteiger partial charge in [-0.15, -0.1) is 0 Å². The van der Waals surface area contributed by atoms with E-state index in [1.54, 1.807) is 0 Å². The Bertz CT molecular complexity index is 1130. The standard InChI is InChI=1S/C30H40FN3O.C3H6O/c1-7-8-15-35-28-14-13-27-19-34(20-30(31)29(27)16-28)18-26-11-9-25(10-12-26)17-32-23(5)22(4)24(6)33-21(2)3;1-2-3-4/h9-14,16,30,32H,5,7-8,15,17-20H2,1-4,6H3;3H,2H2,1H3/b24-22+;. The molecule has 6 heteroatoms. The van der Waals surface area contributed by atoms with Gasteiger partial charge in [0, 0.05) is 49.7 Å². The zero-order valence-corrected chi connectivity index (χ0v) is 24.6. The van der Waals surface area contributed by atoms with Crippen molar-refractivity contribution in [3.8, 4) is 5.75 Å². The summed E-state index contributed by atoms with van der Waals surface area (Å²) in [7, 11) is 0. The predicted molar refractivity (Wildman–Crippen MR) is 161 cm³/mol. The van der Waals surface area contributed by atoms with Crippen LogP contribution in [-0.2, 0) is 24.4 Å². The average molecular weight is 536 g/mol. The quantitative estimate of drug-likeness (QED) is 0.130. The van der Waals surface area contributed by atoms with E-state index < -0.39 is 6.17 Å². The molecule has 0 radical (unpaired) electrons. The molecule has 39 heavy (non-hydrogen) atoms. The van der Waals surface area contributed by atoms with Crippen LogP contribution in [0.3, 0.4) is 0 Å². The molecule has 1 atom stereocenters. The van der Waals surface area contributed by atoms with E-state index in [2.05, 4.69) is 53.0 Å². The van der Waals surface area contributed by atoms with Crippen molar-refractivity contribution in [3.05, 3.63) is 88.3 Å². The van der Waals surface area contributed by atoms with E-state index in [1.807, 2.05) is 52.8 Å². The highest BCUT2D eigenvalue weighted by molar-refractivity contribution is 5.80. The van der Waals surface area contributed by atoms with E-state index in [4.69, 9.17) is 4.74 Å². The second-order valence-corrected chi connectivity index (χ2v) is 10.2. The SMILES string of the molecule is C=C(NCc1ccc(CN2Cc3ccc(OCCCC)cc3C(F)C2)cc1)/C(C)=C(\C)N=C(C)C.CCC=O. The van der Waals surface area contributed by atoms with Crippen LogP contribution < -0.4 is 10.1 Å². The number of carbonyl (C=O) groups excluding carboxylic acids is 1. The number of aldehydes is 1. The lowest BCUT2D eigenvalue weighted by atomic mass is 9.97. The minimum Gasteiger partial charge on any atom is -0.494 e. The van der Waals surface area contributed by atoms with Crippen molar-refractivity contribution >= 4 is 12.0 Å². The van der Waals surface area contributed by atoms with Crippen molar-refractivity contribution in [2.75, 3.05) is 13.2 Å². The van der Waals surface area contributed by atoms with Gasteiger partial charge in [-0.25, -0.2) is 4.39 Å². The van der Waals surface area contributed by atoms with Crippen LogP contribution in [0.15, 0.2) is 71.0 Å². The number of hydrogen-bond acceptors (Lipinski definition) is 5. The first-order valence-electron chi connectivity index (χ1n) is 13.9. The van der Waals surface area contributed by atoms with E-state index in [9.17, 15) is 4.79 Å². The molecule has 3 rings (SSSR count). The van der Waals surface area contributed by atoms with E-state index in [1.165, 1.54) is 11.1 Å².